The van der Waals surface area contributed by atoms with Gasteiger partial charge in [-0.15, -0.1) is 0 Å². The Balaban J connectivity index is 1.52. The highest BCUT2D eigenvalue weighted by Crippen LogP contribution is 2.26. The number of hydrogen-bond donors (Lipinski definition) is 2. The van der Waals surface area contributed by atoms with E-state index in [9.17, 15) is 4.79 Å². The quantitative estimate of drug-likeness (QED) is 0.377. The van der Waals surface area contributed by atoms with E-state index in [1.54, 1.807) is 10.8 Å². The molecule has 0 fully saturated rings. The topological polar surface area (TPSA) is 124 Å². The minimum absolute atomic E-state index is 0.0220. The van der Waals surface area contributed by atoms with Gasteiger partial charge in [-0.25, -0.2) is 15.0 Å². The summed E-state index contributed by atoms with van der Waals surface area (Å²) in [6.07, 6.45) is 1.61. The third-order valence-corrected chi connectivity index (χ3v) is 4.69. The van der Waals surface area contributed by atoms with E-state index >= 15 is 0 Å². The number of rotatable bonds is 6. The zero-order valence-electron chi connectivity index (χ0n) is 16.6. The lowest BCUT2D eigenvalue weighted by Gasteiger charge is -2.07. The number of hydrazone groups is 1. The maximum atomic E-state index is 12.5. The van der Waals surface area contributed by atoms with Crippen LogP contribution in [0.15, 0.2) is 58.3 Å². The average Bonchev–Trinajstić information content (AvgIpc) is 3.32. The van der Waals surface area contributed by atoms with Gasteiger partial charge in [-0.3, -0.25) is 4.79 Å². The standard InChI is InChI=1S/C21H21N7O2/c1-13(2)15-9-7-14(8-10-15)11-23-25-18(29)12-28-17-6-4-3-5-16(17)24-21(28)19-20(22)27-30-26-19/h3-11,13H,12H2,1-2H3,(H2,22,27)(H,25,29). The van der Waals surface area contributed by atoms with Crippen LogP contribution in [0.25, 0.3) is 22.6 Å². The minimum Gasteiger partial charge on any atom is -0.379 e. The molecule has 0 radical (unpaired) electrons. The van der Waals surface area contributed by atoms with Crippen LogP contribution in [0.2, 0.25) is 0 Å². The van der Waals surface area contributed by atoms with Gasteiger partial charge in [0.15, 0.2) is 17.3 Å². The Morgan fingerprint density at radius 1 is 1.20 bits per heavy atom. The molecule has 4 rings (SSSR count). The predicted octanol–water partition coefficient (Wildman–Crippen LogP) is 2.94. The zero-order valence-corrected chi connectivity index (χ0v) is 16.6. The van der Waals surface area contributed by atoms with Gasteiger partial charge in [0.1, 0.15) is 6.54 Å². The van der Waals surface area contributed by atoms with E-state index in [-0.39, 0.29) is 24.0 Å². The fourth-order valence-electron chi connectivity index (χ4n) is 3.09. The number of nitrogens with two attached hydrogens (primary N) is 1. The summed E-state index contributed by atoms with van der Waals surface area (Å²) in [4.78, 5) is 17.1. The van der Waals surface area contributed by atoms with Gasteiger partial charge in [-0.05, 0) is 39.5 Å². The number of anilines is 1. The molecule has 0 saturated heterocycles. The van der Waals surface area contributed by atoms with E-state index in [4.69, 9.17) is 10.4 Å². The summed E-state index contributed by atoms with van der Waals surface area (Å²) in [6, 6.07) is 15.5. The highest BCUT2D eigenvalue weighted by molar-refractivity contribution is 5.86. The summed E-state index contributed by atoms with van der Waals surface area (Å²) in [5, 5.41) is 11.5. The number of nitrogen functional groups attached to an aromatic ring is 1. The van der Waals surface area contributed by atoms with Crippen molar-refractivity contribution in [2.75, 3.05) is 5.73 Å². The molecule has 2 aromatic carbocycles. The van der Waals surface area contributed by atoms with Gasteiger partial charge >= 0.3 is 0 Å². The third kappa shape index (κ3) is 3.90. The van der Waals surface area contributed by atoms with E-state index in [1.165, 1.54) is 5.56 Å². The van der Waals surface area contributed by atoms with E-state index in [0.29, 0.717) is 17.3 Å². The number of aromatic nitrogens is 4. The van der Waals surface area contributed by atoms with Crippen LogP contribution in [-0.2, 0) is 11.3 Å². The molecule has 0 atom stereocenters. The van der Waals surface area contributed by atoms with Gasteiger partial charge < -0.3 is 10.3 Å². The van der Waals surface area contributed by atoms with Crippen molar-refractivity contribution in [3.8, 4) is 11.5 Å². The monoisotopic (exact) mass is 403 g/mol. The molecule has 0 bridgehead atoms. The Morgan fingerprint density at radius 3 is 2.67 bits per heavy atom. The van der Waals surface area contributed by atoms with Crippen LogP contribution in [0, 0.1) is 0 Å². The summed E-state index contributed by atoms with van der Waals surface area (Å²) in [7, 11) is 0. The number of fused-ring (bicyclic) bond motifs is 1. The van der Waals surface area contributed by atoms with Crippen molar-refractivity contribution in [2.24, 2.45) is 5.10 Å². The average molecular weight is 403 g/mol. The lowest BCUT2D eigenvalue weighted by Crippen LogP contribution is -2.23. The van der Waals surface area contributed by atoms with Crippen molar-refractivity contribution in [2.45, 2.75) is 26.3 Å². The number of amides is 1. The number of benzene rings is 2. The van der Waals surface area contributed by atoms with Crippen molar-refractivity contribution < 1.29 is 9.42 Å². The zero-order chi connectivity index (χ0) is 21.1. The summed E-state index contributed by atoms with van der Waals surface area (Å²) in [6.45, 7) is 4.26. The number of para-hydroxylation sites is 2. The number of carbonyl (C=O) groups is 1. The lowest BCUT2D eigenvalue weighted by atomic mass is 10.0. The Kier molecular flexibility index (Phi) is 5.25. The van der Waals surface area contributed by atoms with Crippen molar-refractivity contribution in [1.82, 2.24) is 25.3 Å². The van der Waals surface area contributed by atoms with Gasteiger partial charge in [-0.1, -0.05) is 50.2 Å². The second-order valence-electron chi connectivity index (χ2n) is 7.12. The van der Waals surface area contributed by atoms with Gasteiger partial charge in [0.05, 0.1) is 17.2 Å². The van der Waals surface area contributed by atoms with Crippen LogP contribution >= 0.6 is 0 Å². The highest BCUT2D eigenvalue weighted by atomic mass is 16.6. The molecule has 0 aliphatic heterocycles. The smallest absolute Gasteiger partial charge is 0.260 e. The van der Waals surface area contributed by atoms with Crippen LogP contribution < -0.4 is 11.2 Å². The van der Waals surface area contributed by atoms with E-state index in [1.807, 2.05) is 48.5 Å². The van der Waals surface area contributed by atoms with Crippen LogP contribution in [0.4, 0.5) is 5.82 Å². The molecule has 0 spiro atoms. The number of nitrogens with one attached hydrogen (secondary N) is 1. The molecule has 0 aliphatic rings. The first-order chi connectivity index (χ1) is 14.5. The fourth-order valence-corrected chi connectivity index (χ4v) is 3.09. The number of nitrogens with zero attached hydrogens (tertiary/aromatic N) is 5. The SMILES string of the molecule is CC(C)c1ccc(C=NNC(=O)Cn2c(-c3nonc3N)nc3ccccc32)cc1. The maximum Gasteiger partial charge on any atom is 0.260 e. The molecule has 9 heteroatoms. The molecule has 0 saturated carbocycles. The van der Waals surface area contributed by atoms with Crippen LogP contribution in [-0.4, -0.2) is 32.0 Å². The Morgan fingerprint density at radius 2 is 1.97 bits per heavy atom. The molecule has 1 amide bonds. The van der Waals surface area contributed by atoms with Gasteiger partial charge in [0, 0.05) is 0 Å². The Hall–Kier alpha value is -4.01. The van der Waals surface area contributed by atoms with Gasteiger partial charge in [-0.2, -0.15) is 5.10 Å². The molecular formula is C21H21N7O2. The lowest BCUT2D eigenvalue weighted by molar-refractivity contribution is -0.121. The Labute approximate surface area is 172 Å². The summed E-state index contributed by atoms with van der Waals surface area (Å²) < 4.78 is 6.39. The number of imidazole rings is 1. The normalized spacial score (nSPS) is 11.6. The molecule has 4 aromatic rings. The third-order valence-electron chi connectivity index (χ3n) is 4.69. The molecule has 0 aliphatic carbocycles. The molecule has 0 unspecified atom stereocenters. The first-order valence-corrected chi connectivity index (χ1v) is 9.48. The van der Waals surface area contributed by atoms with Crippen LogP contribution in [0.3, 0.4) is 0 Å². The molecule has 2 aromatic heterocycles. The first kappa shape index (κ1) is 19.3. The highest BCUT2D eigenvalue weighted by Gasteiger charge is 2.20. The molecule has 9 nitrogen and oxygen atoms in total. The maximum absolute atomic E-state index is 12.5. The predicted molar refractivity (Wildman–Crippen MR) is 114 cm³/mol. The van der Waals surface area contributed by atoms with E-state index in [0.717, 1.165) is 11.1 Å². The summed E-state index contributed by atoms with van der Waals surface area (Å²) >= 11 is 0. The second-order valence-corrected chi connectivity index (χ2v) is 7.12. The minimum atomic E-state index is -0.315. The van der Waals surface area contributed by atoms with Gasteiger partial charge in [0.25, 0.3) is 5.91 Å². The van der Waals surface area contributed by atoms with Crippen molar-refractivity contribution in [3.05, 3.63) is 59.7 Å². The fraction of sp³-hybridized carbons (Fsp3) is 0.190. The largest absolute Gasteiger partial charge is 0.379 e. The van der Waals surface area contributed by atoms with Crippen molar-refractivity contribution in [1.29, 1.82) is 0 Å². The molecule has 3 N–H and O–H groups in total. The van der Waals surface area contributed by atoms with Crippen LogP contribution in [0.1, 0.15) is 30.9 Å². The second kappa shape index (κ2) is 8.16. The van der Waals surface area contributed by atoms with Crippen LogP contribution in [0.5, 0.6) is 0 Å². The Bertz CT molecular complexity index is 1210. The van der Waals surface area contributed by atoms with Crippen molar-refractivity contribution in [3.63, 3.8) is 0 Å². The summed E-state index contributed by atoms with van der Waals surface area (Å²) in [5.74, 6) is 0.654. The first-order valence-electron chi connectivity index (χ1n) is 9.48. The van der Waals surface area contributed by atoms with Crippen molar-refractivity contribution >= 4 is 29.0 Å². The summed E-state index contributed by atoms with van der Waals surface area (Å²) in [5.41, 5.74) is 12.3. The molecule has 2 heterocycles. The van der Waals surface area contributed by atoms with Gasteiger partial charge in [0.2, 0.25) is 0 Å². The molecule has 30 heavy (non-hydrogen) atoms. The van der Waals surface area contributed by atoms with E-state index in [2.05, 4.69) is 39.7 Å². The number of carbonyl (C=O) groups excluding carboxylic acids is 1. The number of hydrogen-bond acceptors (Lipinski definition) is 7. The molecule has 152 valence electrons. The van der Waals surface area contributed by atoms with E-state index < -0.39 is 0 Å². The molecular weight excluding hydrogens is 382 g/mol.